The van der Waals surface area contributed by atoms with E-state index in [1.165, 1.54) is 26.0 Å². The van der Waals surface area contributed by atoms with Crippen molar-refractivity contribution in [1.82, 2.24) is 10.2 Å². The number of carbonyl (C=O) groups is 1. The first-order chi connectivity index (χ1) is 11.5. The van der Waals surface area contributed by atoms with Gasteiger partial charge in [-0.25, -0.2) is 4.39 Å². The van der Waals surface area contributed by atoms with Crippen LogP contribution in [0.3, 0.4) is 0 Å². The van der Waals surface area contributed by atoms with Crippen molar-refractivity contribution >= 4 is 5.91 Å². The van der Waals surface area contributed by atoms with E-state index >= 15 is 0 Å². The summed E-state index contributed by atoms with van der Waals surface area (Å²) in [5.74, 6) is 0.551. The van der Waals surface area contributed by atoms with Crippen LogP contribution in [-0.4, -0.2) is 48.3 Å². The molecule has 1 aromatic rings. The van der Waals surface area contributed by atoms with Crippen LogP contribution < -0.4 is 10.1 Å². The third kappa shape index (κ3) is 3.87. The number of piperidine rings is 1. The summed E-state index contributed by atoms with van der Waals surface area (Å²) < 4.78 is 19.1. The van der Waals surface area contributed by atoms with Gasteiger partial charge in [-0.3, -0.25) is 4.79 Å². The van der Waals surface area contributed by atoms with Gasteiger partial charge in [0.1, 0.15) is 11.6 Å². The summed E-state index contributed by atoms with van der Waals surface area (Å²) in [6, 6.07) is 4.49. The van der Waals surface area contributed by atoms with Crippen LogP contribution >= 0.6 is 0 Å². The van der Waals surface area contributed by atoms with E-state index in [4.69, 9.17) is 4.74 Å². The molecule has 0 radical (unpaired) electrons. The number of nitrogens with zero attached hydrogens (tertiary/aromatic N) is 1. The Kier molecular flexibility index (Phi) is 5.06. The van der Waals surface area contributed by atoms with E-state index < -0.39 is 5.60 Å². The molecule has 1 heterocycles. The Balaban J connectivity index is 1.65. The maximum absolute atomic E-state index is 14.0. The largest absolute Gasteiger partial charge is 0.497 e. The summed E-state index contributed by atoms with van der Waals surface area (Å²) in [6.45, 7) is 1.78. The average molecular weight is 336 g/mol. The molecule has 0 spiro atoms. The third-order valence-corrected chi connectivity index (χ3v) is 4.87. The van der Waals surface area contributed by atoms with E-state index in [0.717, 1.165) is 6.54 Å². The zero-order chi connectivity index (χ0) is 17.2. The zero-order valence-corrected chi connectivity index (χ0v) is 14.1. The molecule has 1 atom stereocenters. The van der Waals surface area contributed by atoms with Crippen molar-refractivity contribution < 1.29 is 19.0 Å². The van der Waals surface area contributed by atoms with Crippen molar-refractivity contribution in [2.75, 3.05) is 26.7 Å². The van der Waals surface area contributed by atoms with Crippen LogP contribution in [0, 0.1) is 11.7 Å². The molecule has 0 unspecified atom stereocenters. The number of benzene rings is 1. The second-order valence-corrected chi connectivity index (χ2v) is 6.89. The maximum atomic E-state index is 14.0. The van der Waals surface area contributed by atoms with Gasteiger partial charge in [-0.2, -0.15) is 0 Å². The van der Waals surface area contributed by atoms with Gasteiger partial charge in [0.2, 0.25) is 0 Å². The molecule has 1 aliphatic carbocycles. The number of hydrogen-bond donors (Lipinski definition) is 2. The molecule has 0 aromatic heterocycles. The monoisotopic (exact) mass is 336 g/mol. The van der Waals surface area contributed by atoms with Crippen LogP contribution in [0.4, 0.5) is 4.39 Å². The number of nitrogens with one attached hydrogen (secondary N) is 1. The highest BCUT2D eigenvalue weighted by Crippen LogP contribution is 2.29. The molecular weight excluding hydrogens is 311 g/mol. The smallest absolute Gasteiger partial charge is 0.256 e. The van der Waals surface area contributed by atoms with Crippen LogP contribution in [0.2, 0.25) is 0 Å². The van der Waals surface area contributed by atoms with Gasteiger partial charge in [0.05, 0.1) is 7.11 Å². The highest BCUT2D eigenvalue weighted by Gasteiger charge is 2.42. The fourth-order valence-corrected chi connectivity index (χ4v) is 3.19. The molecule has 1 aromatic carbocycles. The fourth-order valence-electron chi connectivity index (χ4n) is 3.19. The highest BCUT2D eigenvalue weighted by molar-refractivity contribution is 5.86. The van der Waals surface area contributed by atoms with E-state index in [2.05, 4.69) is 5.32 Å². The van der Waals surface area contributed by atoms with E-state index in [9.17, 15) is 14.3 Å². The summed E-state index contributed by atoms with van der Waals surface area (Å²) in [4.78, 5) is 14.2. The number of aliphatic hydroxyl groups is 1. The normalized spacial score (nSPS) is 24.3. The van der Waals surface area contributed by atoms with Gasteiger partial charge >= 0.3 is 0 Å². The van der Waals surface area contributed by atoms with Crippen LogP contribution in [0.5, 0.6) is 5.75 Å². The maximum Gasteiger partial charge on any atom is 0.256 e. The van der Waals surface area contributed by atoms with Gasteiger partial charge in [0, 0.05) is 25.2 Å². The van der Waals surface area contributed by atoms with Crippen molar-refractivity contribution in [3.63, 3.8) is 0 Å². The molecule has 6 heteroatoms. The van der Waals surface area contributed by atoms with E-state index in [1.807, 2.05) is 0 Å². The number of rotatable bonds is 7. The summed E-state index contributed by atoms with van der Waals surface area (Å²) in [5.41, 5.74) is -0.986. The summed E-state index contributed by atoms with van der Waals surface area (Å²) in [6.07, 6.45) is 3.60. The quantitative estimate of drug-likeness (QED) is 0.795. The average Bonchev–Trinajstić information content (AvgIpc) is 3.38. The molecule has 2 N–H and O–H groups in total. The molecule has 2 aliphatic rings. The molecule has 24 heavy (non-hydrogen) atoms. The van der Waals surface area contributed by atoms with Crippen LogP contribution in [0.25, 0.3) is 0 Å². The van der Waals surface area contributed by atoms with Crippen molar-refractivity contribution in [3.05, 3.63) is 29.6 Å². The van der Waals surface area contributed by atoms with Gasteiger partial charge < -0.3 is 20.1 Å². The zero-order valence-electron chi connectivity index (χ0n) is 14.1. The molecule has 1 saturated heterocycles. The van der Waals surface area contributed by atoms with Gasteiger partial charge in [0.15, 0.2) is 5.60 Å². The summed E-state index contributed by atoms with van der Waals surface area (Å²) in [5, 5.41) is 13.9. The van der Waals surface area contributed by atoms with Gasteiger partial charge in [0.25, 0.3) is 5.91 Å². The minimum atomic E-state index is -1.39. The Morgan fingerprint density at radius 1 is 1.46 bits per heavy atom. The molecule has 3 rings (SSSR count). The minimum Gasteiger partial charge on any atom is -0.497 e. The molecule has 132 valence electrons. The lowest BCUT2D eigenvalue weighted by Gasteiger charge is -2.38. The van der Waals surface area contributed by atoms with Crippen LogP contribution in [0.1, 0.15) is 31.2 Å². The molecule has 0 bridgehead atoms. The second kappa shape index (κ2) is 7.07. The molecular formula is C18H25FN2O3. The predicted molar refractivity (Wildman–Crippen MR) is 88.1 cm³/mol. The molecule has 2 fully saturated rings. The molecule has 5 nitrogen and oxygen atoms in total. The van der Waals surface area contributed by atoms with Gasteiger partial charge in [-0.1, -0.05) is 0 Å². The van der Waals surface area contributed by atoms with Crippen molar-refractivity contribution in [2.24, 2.45) is 5.92 Å². The number of ether oxygens (including phenoxy) is 1. The number of likely N-dealkylation sites (tertiary alicyclic amines) is 1. The van der Waals surface area contributed by atoms with Crippen LogP contribution in [-0.2, 0) is 11.3 Å². The van der Waals surface area contributed by atoms with E-state index in [0.29, 0.717) is 36.6 Å². The summed E-state index contributed by atoms with van der Waals surface area (Å²) >= 11 is 0. The number of methoxy groups -OCH3 is 1. The number of halogens is 1. The first kappa shape index (κ1) is 17.2. The summed E-state index contributed by atoms with van der Waals surface area (Å²) in [7, 11) is 1.52. The van der Waals surface area contributed by atoms with Crippen molar-refractivity contribution in [3.8, 4) is 5.75 Å². The topological polar surface area (TPSA) is 61.8 Å². The first-order valence-corrected chi connectivity index (χ1v) is 8.57. The SMILES string of the molecule is COc1ccc(F)c(CN2CCC[C@@](O)(CNCC3CC3)C2=O)c1. The van der Waals surface area contributed by atoms with E-state index in [-0.39, 0.29) is 24.8 Å². The van der Waals surface area contributed by atoms with E-state index in [1.54, 1.807) is 17.0 Å². The lowest BCUT2D eigenvalue weighted by atomic mass is 9.91. The van der Waals surface area contributed by atoms with Gasteiger partial charge in [-0.05, 0) is 56.3 Å². The first-order valence-electron chi connectivity index (χ1n) is 8.57. The Bertz CT molecular complexity index is 606. The third-order valence-electron chi connectivity index (χ3n) is 4.87. The Labute approximate surface area is 141 Å². The molecule has 1 saturated carbocycles. The standard InChI is InChI=1S/C18H25FN2O3/c1-24-15-5-6-16(19)14(9-15)11-21-8-2-7-18(23,17(21)22)12-20-10-13-3-4-13/h5-6,9,13,20,23H,2-4,7-8,10-12H2,1H3/t18-/m1/s1. The minimum absolute atomic E-state index is 0.146. The van der Waals surface area contributed by atoms with Crippen LogP contribution in [0.15, 0.2) is 18.2 Å². The highest BCUT2D eigenvalue weighted by atomic mass is 19.1. The Morgan fingerprint density at radius 2 is 2.25 bits per heavy atom. The van der Waals surface area contributed by atoms with Crippen molar-refractivity contribution in [1.29, 1.82) is 0 Å². The predicted octanol–water partition coefficient (Wildman–Crippen LogP) is 1.69. The van der Waals surface area contributed by atoms with Crippen molar-refractivity contribution in [2.45, 2.75) is 37.8 Å². The van der Waals surface area contributed by atoms with Gasteiger partial charge in [-0.15, -0.1) is 0 Å². The Hall–Kier alpha value is -1.66. The number of carbonyl (C=O) groups excluding carboxylic acids is 1. The number of hydrogen-bond acceptors (Lipinski definition) is 4. The molecule has 1 aliphatic heterocycles. The second-order valence-electron chi connectivity index (χ2n) is 6.89. The molecule has 1 amide bonds. The lowest BCUT2D eigenvalue weighted by Crippen LogP contribution is -2.57. The Morgan fingerprint density at radius 3 is 2.96 bits per heavy atom. The number of amides is 1. The lowest BCUT2D eigenvalue weighted by molar-refractivity contribution is -0.157. The fraction of sp³-hybridized carbons (Fsp3) is 0.611.